The van der Waals surface area contributed by atoms with Crippen LogP contribution in [0.25, 0.3) is 0 Å². The first-order chi connectivity index (χ1) is 14.6. The fraction of sp³-hybridized carbons (Fsp3) is 0.381. The van der Waals surface area contributed by atoms with E-state index in [0.717, 1.165) is 25.7 Å². The Morgan fingerprint density at radius 3 is 2.03 bits per heavy atom. The van der Waals surface area contributed by atoms with E-state index in [-0.39, 0.29) is 21.4 Å². The first kappa shape index (κ1) is 23.2. The number of carbonyl (C=O) groups is 1. The normalized spacial score (nSPS) is 15.8. The van der Waals surface area contributed by atoms with Gasteiger partial charge in [-0.15, -0.1) is 0 Å². The van der Waals surface area contributed by atoms with Gasteiger partial charge < -0.3 is 5.32 Å². The van der Waals surface area contributed by atoms with E-state index in [0.29, 0.717) is 24.3 Å². The summed E-state index contributed by atoms with van der Waals surface area (Å²) in [6.07, 6.45) is 3.73. The van der Waals surface area contributed by atoms with Gasteiger partial charge in [0.25, 0.3) is 10.0 Å². The monoisotopic (exact) mass is 465 g/mol. The molecule has 2 aromatic rings. The van der Waals surface area contributed by atoms with E-state index in [1.54, 1.807) is 19.1 Å². The minimum atomic E-state index is -3.94. The van der Waals surface area contributed by atoms with Gasteiger partial charge in [0.1, 0.15) is 0 Å². The number of carbonyl (C=O) groups excluding carboxylic acids is 1. The Hall–Kier alpha value is -2.43. The van der Waals surface area contributed by atoms with Crippen LogP contribution >= 0.6 is 0 Å². The molecule has 3 rings (SSSR count). The predicted octanol–water partition coefficient (Wildman–Crippen LogP) is 3.32. The molecule has 0 spiro atoms. The molecule has 1 aliphatic rings. The Morgan fingerprint density at radius 2 is 1.45 bits per heavy atom. The third kappa shape index (κ3) is 5.63. The Balaban J connectivity index is 1.81. The standard InChI is InChI=1S/C21H27N3O5S2/c1-16-7-8-19(22-17(2)25)15-21(16)30(26,27)23-18-9-11-20(12-10-18)31(28,29)24-13-5-3-4-6-14-24/h7-12,15,23H,3-6,13-14H2,1-2H3,(H,22,25). The molecule has 0 radical (unpaired) electrons. The number of anilines is 2. The topological polar surface area (TPSA) is 113 Å². The van der Waals surface area contributed by atoms with Crippen LogP contribution < -0.4 is 10.0 Å². The number of hydrogen-bond donors (Lipinski definition) is 2. The number of aryl methyl sites for hydroxylation is 1. The highest BCUT2D eigenvalue weighted by Crippen LogP contribution is 2.25. The van der Waals surface area contributed by atoms with E-state index in [2.05, 4.69) is 10.0 Å². The zero-order valence-corrected chi connectivity index (χ0v) is 19.2. The molecule has 1 amide bonds. The van der Waals surface area contributed by atoms with Crippen LogP contribution in [-0.2, 0) is 24.8 Å². The van der Waals surface area contributed by atoms with Crippen LogP contribution in [0.2, 0.25) is 0 Å². The molecular weight excluding hydrogens is 438 g/mol. The molecule has 0 unspecified atom stereocenters. The molecule has 1 saturated heterocycles. The van der Waals surface area contributed by atoms with E-state index < -0.39 is 20.0 Å². The van der Waals surface area contributed by atoms with Gasteiger partial charge in [0.15, 0.2) is 0 Å². The SMILES string of the molecule is CC(=O)Nc1ccc(C)c(S(=O)(=O)Nc2ccc(S(=O)(=O)N3CCCCCC3)cc2)c1. The second-order valence-electron chi connectivity index (χ2n) is 7.61. The van der Waals surface area contributed by atoms with Gasteiger partial charge in [-0.2, -0.15) is 4.31 Å². The molecule has 0 aliphatic carbocycles. The van der Waals surface area contributed by atoms with Crippen molar-refractivity contribution in [1.29, 1.82) is 0 Å². The van der Waals surface area contributed by atoms with Crippen molar-refractivity contribution in [2.75, 3.05) is 23.1 Å². The average Bonchev–Trinajstić information content (AvgIpc) is 2.99. The Labute approximate surface area is 183 Å². The lowest BCUT2D eigenvalue weighted by Crippen LogP contribution is -2.31. The van der Waals surface area contributed by atoms with Gasteiger partial charge in [0.2, 0.25) is 15.9 Å². The van der Waals surface area contributed by atoms with E-state index in [1.807, 2.05) is 0 Å². The minimum absolute atomic E-state index is 0.0278. The van der Waals surface area contributed by atoms with Crippen molar-refractivity contribution >= 4 is 37.3 Å². The lowest BCUT2D eigenvalue weighted by atomic mass is 10.2. The second-order valence-corrected chi connectivity index (χ2v) is 11.2. The molecule has 8 nitrogen and oxygen atoms in total. The van der Waals surface area contributed by atoms with Crippen LogP contribution in [0, 0.1) is 6.92 Å². The van der Waals surface area contributed by atoms with Crippen molar-refractivity contribution in [3.05, 3.63) is 48.0 Å². The third-order valence-corrected chi connectivity index (χ3v) is 8.54. The maximum absolute atomic E-state index is 12.9. The Kier molecular flexibility index (Phi) is 7.03. The smallest absolute Gasteiger partial charge is 0.262 e. The van der Waals surface area contributed by atoms with Crippen LogP contribution in [0.1, 0.15) is 38.2 Å². The summed E-state index contributed by atoms with van der Waals surface area (Å²) in [6.45, 7) is 4.00. The molecule has 2 aromatic carbocycles. The molecule has 10 heteroatoms. The zero-order chi connectivity index (χ0) is 22.6. The largest absolute Gasteiger partial charge is 0.326 e. The molecular formula is C21H27N3O5S2. The van der Waals surface area contributed by atoms with Crippen LogP contribution in [0.5, 0.6) is 0 Å². The van der Waals surface area contributed by atoms with Crippen LogP contribution in [-0.4, -0.2) is 40.1 Å². The molecule has 2 N–H and O–H groups in total. The molecule has 31 heavy (non-hydrogen) atoms. The summed E-state index contributed by atoms with van der Waals surface area (Å²) >= 11 is 0. The summed E-state index contributed by atoms with van der Waals surface area (Å²) in [5.74, 6) is -0.304. The van der Waals surface area contributed by atoms with Crippen molar-refractivity contribution in [2.45, 2.75) is 49.3 Å². The fourth-order valence-corrected chi connectivity index (χ4v) is 6.35. The number of sulfonamides is 2. The lowest BCUT2D eigenvalue weighted by Gasteiger charge is -2.20. The van der Waals surface area contributed by atoms with Gasteiger partial charge in [-0.25, -0.2) is 16.8 Å². The molecule has 1 heterocycles. The van der Waals surface area contributed by atoms with E-state index in [9.17, 15) is 21.6 Å². The molecule has 0 bridgehead atoms. The van der Waals surface area contributed by atoms with Crippen molar-refractivity contribution in [3.8, 4) is 0 Å². The second kappa shape index (κ2) is 9.37. The lowest BCUT2D eigenvalue weighted by molar-refractivity contribution is -0.114. The molecule has 0 saturated carbocycles. The number of benzene rings is 2. The fourth-order valence-electron chi connectivity index (χ4n) is 3.51. The molecule has 0 atom stereocenters. The van der Waals surface area contributed by atoms with Gasteiger partial charge in [0, 0.05) is 31.4 Å². The summed E-state index contributed by atoms with van der Waals surface area (Å²) in [5.41, 5.74) is 1.14. The van der Waals surface area contributed by atoms with Gasteiger partial charge in [-0.05, 0) is 61.7 Å². The number of amides is 1. The summed E-state index contributed by atoms with van der Waals surface area (Å²) in [6, 6.07) is 10.3. The first-order valence-electron chi connectivity index (χ1n) is 10.1. The molecule has 1 aliphatic heterocycles. The zero-order valence-electron chi connectivity index (χ0n) is 17.6. The molecule has 1 fully saturated rings. The summed E-state index contributed by atoms with van der Waals surface area (Å²) < 4.78 is 55.5. The van der Waals surface area contributed by atoms with Crippen molar-refractivity contribution in [2.24, 2.45) is 0 Å². The maximum Gasteiger partial charge on any atom is 0.262 e. The highest BCUT2D eigenvalue weighted by atomic mass is 32.2. The third-order valence-electron chi connectivity index (χ3n) is 5.11. The molecule has 0 aromatic heterocycles. The van der Waals surface area contributed by atoms with Gasteiger partial charge in [-0.3, -0.25) is 9.52 Å². The Bertz CT molecular complexity index is 1150. The van der Waals surface area contributed by atoms with Crippen molar-refractivity contribution in [1.82, 2.24) is 4.31 Å². The van der Waals surface area contributed by atoms with Crippen LogP contribution in [0.15, 0.2) is 52.3 Å². The van der Waals surface area contributed by atoms with Crippen LogP contribution in [0.3, 0.4) is 0 Å². The predicted molar refractivity (Wildman–Crippen MR) is 120 cm³/mol. The number of nitrogens with one attached hydrogen (secondary N) is 2. The summed E-state index contributed by atoms with van der Waals surface area (Å²) in [4.78, 5) is 11.4. The van der Waals surface area contributed by atoms with Gasteiger partial charge in [0.05, 0.1) is 9.79 Å². The average molecular weight is 466 g/mol. The quantitative estimate of drug-likeness (QED) is 0.680. The highest BCUT2D eigenvalue weighted by molar-refractivity contribution is 7.92. The number of nitrogens with zero attached hydrogens (tertiary/aromatic N) is 1. The van der Waals surface area contributed by atoms with Gasteiger partial charge in [-0.1, -0.05) is 18.9 Å². The Morgan fingerprint density at radius 1 is 0.871 bits per heavy atom. The number of rotatable bonds is 6. The van der Waals surface area contributed by atoms with E-state index in [1.165, 1.54) is 41.6 Å². The summed E-state index contributed by atoms with van der Waals surface area (Å²) in [7, 11) is -7.54. The van der Waals surface area contributed by atoms with E-state index >= 15 is 0 Å². The van der Waals surface area contributed by atoms with Gasteiger partial charge >= 0.3 is 0 Å². The number of hydrogen-bond acceptors (Lipinski definition) is 5. The van der Waals surface area contributed by atoms with Crippen LogP contribution in [0.4, 0.5) is 11.4 Å². The van der Waals surface area contributed by atoms with Crippen molar-refractivity contribution in [3.63, 3.8) is 0 Å². The maximum atomic E-state index is 12.9. The summed E-state index contributed by atoms with van der Waals surface area (Å²) in [5, 5.41) is 2.57. The molecule has 168 valence electrons. The highest BCUT2D eigenvalue weighted by Gasteiger charge is 2.25. The van der Waals surface area contributed by atoms with E-state index in [4.69, 9.17) is 0 Å². The first-order valence-corrected chi connectivity index (χ1v) is 13.0. The minimum Gasteiger partial charge on any atom is -0.326 e. The van der Waals surface area contributed by atoms with Crippen molar-refractivity contribution < 1.29 is 21.6 Å².